The van der Waals surface area contributed by atoms with Crippen molar-refractivity contribution in [3.8, 4) is 22.8 Å². The number of halogens is 2. The molecule has 0 spiro atoms. The molecule has 4 aromatic carbocycles. The Morgan fingerprint density at radius 3 is 2.20 bits per heavy atom. The second-order valence-electron chi connectivity index (χ2n) is 18.4. The van der Waals surface area contributed by atoms with Gasteiger partial charge in [-0.2, -0.15) is 0 Å². The molecule has 1 aliphatic rings. The number of carboxylic acid groups (broad SMARTS) is 1. The maximum Gasteiger partial charge on any atom is 0.304 e. The first-order valence-electron chi connectivity index (χ1n) is 23.5. The van der Waals surface area contributed by atoms with Gasteiger partial charge >= 0.3 is 5.97 Å². The maximum atomic E-state index is 14.3. The normalized spacial score (nSPS) is 15.8. The molecule has 1 saturated carbocycles. The molecule has 0 aliphatic heterocycles. The zero-order valence-corrected chi connectivity index (χ0v) is 42.7. The molecule has 4 amide bonds. The van der Waals surface area contributed by atoms with Gasteiger partial charge in [0.25, 0.3) is 0 Å². The number of carbonyl (C=O) groups excluding carboxylic acids is 4. The van der Waals surface area contributed by atoms with Crippen molar-refractivity contribution < 1.29 is 38.6 Å². The van der Waals surface area contributed by atoms with Crippen LogP contribution in [0.2, 0.25) is 10.0 Å². The Labute approximate surface area is 425 Å². The summed E-state index contributed by atoms with van der Waals surface area (Å²) < 4.78 is 13.8. The molecule has 0 radical (unpaired) electrons. The summed E-state index contributed by atoms with van der Waals surface area (Å²) in [7, 11) is 10.6. The predicted molar refractivity (Wildman–Crippen MR) is 273 cm³/mol. The van der Waals surface area contributed by atoms with Crippen molar-refractivity contribution >= 4 is 52.8 Å². The summed E-state index contributed by atoms with van der Waals surface area (Å²) in [6.07, 6.45) is 2.50. The topological polar surface area (TPSA) is 188 Å². The van der Waals surface area contributed by atoms with Gasteiger partial charge in [-0.3, -0.25) is 24.0 Å². The molecule has 0 saturated heterocycles. The number of rotatable bonds is 25. The van der Waals surface area contributed by atoms with Gasteiger partial charge in [0.05, 0.1) is 55.5 Å². The van der Waals surface area contributed by atoms with Gasteiger partial charge in [0.15, 0.2) is 0 Å². The number of aliphatic carboxylic acids is 1. The minimum absolute atomic E-state index is 0.0923. The second-order valence-corrected chi connectivity index (χ2v) is 19.3. The SMILES string of the molecule is COCC(NC(=O)C(C)NCc1ccc(Cl)cc1Oc1ccc(-c2cnc(CN(C)C)n2C)cc1)C(=O)N(C)C(CC(=O)N[C@@H]1C[C@@H]1N(C)C(=O)C(CC(=O)O)Cc1ccccc1)Cc1ccc(Cl)cc1. The van der Waals surface area contributed by atoms with E-state index in [0.717, 1.165) is 33.8 Å². The third-order valence-electron chi connectivity index (χ3n) is 12.6. The molecule has 4 unspecified atom stereocenters. The highest BCUT2D eigenvalue weighted by molar-refractivity contribution is 6.31. The maximum absolute atomic E-state index is 14.3. The van der Waals surface area contributed by atoms with Gasteiger partial charge in [-0.25, -0.2) is 4.98 Å². The van der Waals surface area contributed by atoms with Crippen molar-refractivity contribution in [1.29, 1.82) is 0 Å². The number of nitrogens with zero attached hydrogens (tertiary/aromatic N) is 5. The first kappa shape index (κ1) is 54.0. The van der Waals surface area contributed by atoms with E-state index < -0.39 is 41.8 Å². The number of methoxy groups -OCH3 is 1. The highest BCUT2D eigenvalue weighted by atomic mass is 35.5. The summed E-state index contributed by atoms with van der Waals surface area (Å²) in [5.74, 6) is -1.36. The molecule has 378 valence electrons. The molecule has 6 atom stereocenters. The summed E-state index contributed by atoms with van der Waals surface area (Å²) in [5.41, 5.74) is 4.39. The Bertz CT molecular complexity index is 2610. The van der Waals surface area contributed by atoms with E-state index in [1.807, 2.05) is 100 Å². The van der Waals surface area contributed by atoms with Crippen LogP contribution in [0.4, 0.5) is 0 Å². The van der Waals surface area contributed by atoms with E-state index in [-0.39, 0.29) is 56.3 Å². The fraction of sp³-hybridized carbons (Fsp3) is 0.396. The third kappa shape index (κ3) is 15.3. The molecule has 71 heavy (non-hydrogen) atoms. The van der Waals surface area contributed by atoms with Crippen LogP contribution in [0.15, 0.2) is 103 Å². The number of imidazole rings is 1. The molecule has 1 fully saturated rings. The summed E-state index contributed by atoms with van der Waals surface area (Å²) >= 11 is 12.6. The van der Waals surface area contributed by atoms with E-state index in [4.69, 9.17) is 32.7 Å². The lowest BCUT2D eigenvalue weighted by atomic mass is 9.95. The number of nitrogens with one attached hydrogen (secondary N) is 3. The number of aromatic nitrogens is 2. The smallest absolute Gasteiger partial charge is 0.304 e. The van der Waals surface area contributed by atoms with Crippen LogP contribution >= 0.6 is 23.2 Å². The predicted octanol–water partition coefficient (Wildman–Crippen LogP) is 6.37. The number of amides is 4. The van der Waals surface area contributed by atoms with E-state index in [9.17, 15) is 29.1 Å². The van der Waals surface area contributed by atoms with Gasteiger partial charge in [0.2, 0.25) is 23.6 Å². The van der Waals surface area contributed by atoms with Gasteiger partial charge in [-0.1, -0.05) is 71.7 Å². The van der Waals surface area contributed by atoms with Crippen molar-refractivity contribution in [3.63, 3.8) is 0 Å². The van der Waals surface area contributed by atoms with Gasteiger partial charge < -0.3 is 49.8 Å². The zero-order chi connectivity index (χ0) is 51.4. The van der Waals surface area contributed by atoms with E-state index in [0.29, 0.717) is 40.9 Å². The fourth-order valence-electron chi connectivity index (χ4n) is 8.45. The molecule has 0 bridgehead atoms. The summed E-state index contributed by atoms with van der Waals surface area (Å²) in [6.45, 7) is 2.49. The molecule has 16 nitrogen and oxygen atoms in total. The number of likely N-dealkylation sites (N-methyl/N-ethyl adjacent to an activating group) is 2. The van der Waals surface area contributed by atoms with Gasteiger partial charge in [0.1, 0.15) is 23.4 Å². The van der Waals surface area contributed by atoms with Gasteiger partial charge in [-0.05, 0) is 99.9 Å². The molecule has 6 rings (SSSR count). The first-order valence-corrected chi connectivity index (χ1v) is 24.2. The number of hydrogen-bond donors (Lipinski definition) is 4. The largest absolute Gasteiger partial charge is 0.481 e. The lowest BCUT2D eigenvalue weighted by molar-refractivity contribution is -0.144. The lowest BCUT2D eigenvalue weighted by Gasteiger charge is -2.32. The zero-order valence-electron chi connectivity index (χ0n) is 41.2. The highest BCUT2D eigenvalue weighted by Gasteiger charge is 2.45. The Hall–Kier alpha value is -6.30. The number of ether oxygens (including phenoxy) is 2. The molecule has 1 aliphatic carbocycles. The Kier molecular flexibility index (Phi) is 19.2. The molecular weight excluding hydrogens is 948 g/mol. The van der Waals surface area contributed by atoms with Crippen molar-refractivity contribution in [3.05, 3.63) is 136 Å². The number of carboxylic acids is 1. The molecule has 1 heterocycles. The highest BCUT2D eigenvalue weighted by Crippen LogP contribution is 2.32. The van der Waals surface area contributed by atoms with Crippen LogP contribution in [0.1, 0.15) is 48.7 Å². The van der Waals surface area contributed by atoms with Crippen LogP contribution in [-0.2, 0) is 61.7 Å². The van der Waals surface area contributed by atoms with Crippen molar-refractivity contribution in [2.24, 2.45) is 13.0 Å². The first-order chi connectivity index (χ1) is 33.9. The Morgan fingerprint density at radius 1 is 0.859 bits per heavy atom. The summed E-state index contributed by atoms with van der Waals surface area (Å²) in [5, 5.41) is 19.7. The summed E-state index contributed by atoms with van der Waals surface area (Å²) in [6, 6.07) is 26.1. The van der Waals surface area contributed by atoms with Crippen LogP contribution in [0.25, 0.3) is 11.3 Å². The van der Waals surface area contributed by atoms with E-state index in [2.05, 4.69) is 30.4 Å². The number of hydrogen-bond acceptors (Lipinski definition) is 10. The molecule has 18 heteroatoms. The molecule has 1 aromatic heterocycles. The van der Waals surface area contributed by atoms with Crippen LogP contribution in [0.3, 0.4) is 0 Å². The van der Waals surface area contributed by atoms with E-state index >= 15 is 0 Å². The Morgan fingerprint density at radius 2 is 1.54 bits per heavy atom. The van der Waals surface area contributed by atoms with Crippen molar-refractivity contribution in [2.75, 3.05) is 41.9 Å². The quantitative estimate of drug-likeness (QED) is 0.0510. The standard InChI is InChI=1S/C53H64Cl2N8O8/c1-33(56-29-37-15-20-40(55)26-47(37)71-42-21-16-36(17-22-42)46-30-57-48(62(46)5)31-60(2)3)51(67)59-44(32-70-7)53(69)61(4)41(24-35-13-18-39(54)19-14-35)27-49(64)58-43-28-45(43)63(6)52(68)38(25-50(65)66)23-34-11-9-8-10-12-34/h8-22,26,30,33,38,41,43-45,56H,23-25,27-29,31-32H2,1-7H3,(H,58,64)(H,59,67)(H,65,66)/t33?,38?,41?,43-,44?,45+/m1/s1. The Balaban J connectivity index is 1.07. The fourth-order valence-corrected chi connectivity index (χ4v) is 8.73. The van der Waals surface area contributed by atoms with E-state index in [1.165, 1.54) is 16.9 Å². The molecular formula is C53H64Cl2N8O8. The van der Waals surface area contributed by atoms with Crippen molar-refractivity contribution in [1.82, 2.24) is 40.2 Å². The van der Waals surface area contributed by atoms with E-state index in [1.54, 1.807) is 45.3 Å². The summed E-state index contributed by atoms with van der Waals surface area (Å²) in [4.78, 5) is 76.8. The minimum atomic E-state index is -1.09. The third-order valence-corrected chi connectivity index (χ3v) is 13.1. The number of carbonyl (C=O) groups is 5. The lowest BCUT2D eigenvalue weighted by Crippen LogP contribution is -2.56. The second kappa shape index (κ2) is 25.2. The number of benzene rings is 4. The average Bonchev–Trinajstić information content (AvgIpc) is 4.02. The molecule has 4 N–H and O–H groups in total. The average molecular weight is 1010 g/mol. The molecule has 5 aromatic rings. The minimum Gasteiger partial charge on any atom is -0.481 e. The van der Waals surface area contributed by atoms with Gasteiger partial charge in [0, 0.05) is 68.4 Å². The van der Waals surface area contributed by atoms with Crippen LogP contribution in [-0.4, -0.2) is 131 Å². The van der Waals surface area contributed by atoms with Gasteiger partial charge in [-0.15, -0.1) is 0 Å². The van der Waals surface area contributed by atoms with Crippen LogP contribution < -0.4 is 20.7 Å². The monoisotopic (exact) mass is 1010 g/mol. The van der Waals surface area contributed by atoms with Crippen LogP contribution in [0, 0.1) is 5.92 Å². The van der Waals surface area contributed by atoms with Crippen LogP contribution in [0.5, 0.6) is 11.5 Å². The van der Waals surface area contributed by atoms with Crippen molar-refractivity contribution in [2.45, 2.75) is 82.3 Å².